The van der Waals surface area contributed by atoms with E-state index in [1.54, 1.807) is 30.0 Å². The summed E-state index contributed by atoms with van der Waals surface area (Å²) in [5, 5.41) is 4.34. The van der Waals surface area contributed by atoms with Gasteiger partial charge in [0.15, 0.2) is 5.82 Å². The van der Waals surface area contributed by atoms with E-state index in [0.717, 1.165) is 13.1 Å². The molecule has 0 aliphatic carbocycles. The molecule has 1 saturated heterocycles. The van der Waals surface area contributed by atoms with Gasteiger partial charge >= 0.3 is 0 Å². The lowest BCUT2D eigenvalue weighted by Gasteiger charge is -2.33. The minimum absolute atomic E-state index is 0.106. The number of aromatic amines is 1. The maximum absolute atomic E-state index is 13.8. The molecule has 0 spiro atoms. The molecule has 1 amide bonds. The third-order valence-electron chi connectivity index (χ3n) is 4.44. The van der Waals surface area contributed by atoms with Crippen LogP contribution in [0.5, 0.6) is 0 Å². The molecule has 130 valence electrons. The van der Waals surface area contributed by atoms with Crippen LogP contribution in [0.15, 0.2) is 28.8 Å². The van der Waals surface area contributed by atoms with Crippen LogP contribution in [0.3, 0.4) is 0 Å². The molecule has 3 heterocycles. The molecule has 0 radical (unpaired) electrons. The fourth-order valence-electron chi connectivity index (χ4n) is 3.12. The average molecular weight is 343 g/mol. The van der Waals surface area contributed by atoms with Gasteiger partial charge in [-0.1, -0.05) is 11.2 Å². The highest BCUT2D eigenvalue weighted by Gasteiger charge is 2.24. The highest BCUT2D eigenvalue weighted by atomic mass is 19.1. The number of nitrogens with one attached hydrogen (secondary N) is 1. The summed E-state index contributed by atoms with van der Waals surface area (Å²) in [5.74, 6) is 0.775. The van der Waals surface area contributed by atoms with Crippen LogP contribution < -0.4 is 0 Å². The molecule has 7 nitrogen and oxygen atoms in total. The van der Waals surface area contributed by atoms with E-state index < -0.39 is 0 Å². The summed E-state index contributed by atoms with van der Waals surface area (Å²) in [6.07, 6.45) is 0. The number of nitrogens with zero attached hydrogens (tertiary/aromatic N) is 4. The van der Waals surface area contributed by atoms with E-state index in [-0.39, 0.29) is 11.7 Å². The molecular formula is C17H18FN5O2. The normalized spacial score (nSPS) is 15.8. The second kappa shape index (κ2) is 6.29. The predicted octanol–water partition coefficient (Wildman–Crippen LogP) is 1.96. The largest absolute Gasteiger partial charge is 0.350 e. The SMILES string of the molecule is Cc1nc(CN2CCN(C(=O)c3cc4c(F)cccc4[nH]3)CC2)no1. The number of benzene rings is 1. The Hall–Kier alpha value is -2.74. The fourth-order valence-corrected chi connectivity index (χ4v) is 3.12. The van der Waals surface area contributed by atoms with Crippen LogP contribution in [0.1, 0.15) is 22.2 Å². The van der Waals surface area contributed by atoms with Crippen molar-refractivity contribution in [1.29, 1.82) is 0 Å². The molecule has 1 aliphatic heterocycles. The number of aryl methyl sites for hydroxylation is 1. The minimum Gasteiger partial charge on any atom is -0.350 e. The molecule has 1 N–H and O–H groups in total. The molecule has 0 atom stereocenters. The lowest BCUT2D eigenvalue weighted by Crippen LogP contribution is -2.48. The first-order chi connectivity index (χ1) is 12.1. The quantitative estimate of drug-likeness (QED) is 0.786. The number of H-pyrrole nitrogens is 1. The van der Waals surface area contributed by atoms with Crippen LogP contribution in [0.2, 0.25) is 0 Å². The summed E-state index contributed by atoms with van der Waals surface area (Å²) in [6.45, 7) is 5.04. The van der Waals surface area contributed by atoms with Gasteiger partial charge in [0, 0.05) is 44.0 Å². The van der Waals surface area contributed by atoms with Gasteiger partial charge in [-0.2, -0.15) is 4.98 Å². The molecule has 2 aromatic heterocycles. The zero-order valence-corrected chi connectivity index (χ0v) is 13.8. The number of piperazine rings is 1. The van der Waals surface area contributed by atoms with Crippen molar-refractivity contribution in [1.82, 2.24) is 24.9 Å². The maximum atomic E-state index is 13.8. The number of fused-ring (bicyclic) bond motifs is 1. The second-order valence-corrected chi connectivity index (χ2v) is 6.18. The van der Waals surface area contributed by atoms with Crippen molar-refractivity contribution in [2.75, 3.05) is 26.2 Å². The fraction of sp³-hybridized carbons (Fsp3) is 0.353. The van der Waals surface area contributed by atoms with Crippen molar-refractivity contribution in [2.45, 2.75) is 13.5 Å². The number of hydrogen-bond donors (Lipinski definition) is 1. The number of carbonyl (C=O) groups excluding carboxylic acids is 1. The minimum atomic E-state index is -0.326. The van der Waals surface area contributed by atoms with Gasteiger partial charge in [0.1, 0.15) is 11.5 Å². The van der Waals surface area contributed by atoms with E-state index >= 15 is 0 Å². The smallest absolute Gasteiger partial charge is 0.270 e. The van der Waals surface area contributed by atoms with Gasteiger partial charge in [-0.15, -0.1) is 0 Å². The van der Waals surface area contributed by atoms with E-state index in [2.05, 4.69) is 20.0 Å². The zero-order valence-electron chi connectivity index (χ0n) is 13.8. The van der Waals surface area contributed by atoms with E-state index in [1.807, 2.05) is 0 Å². The monoisotopic (exact) mass is 343 g/mol. The van der Waals surface area contributed by atoms with Crippen molar-refractivity contribution in [2.24, 2.45) is 0 Å². The van der Waals surface area contributed by atoms with Crippen molar-refractivity contribution < 1.29 is 13.7 Å². The van der Waals surface area contributed by atoms with Gasteiger partial charge < -0.3 is 14.4 Å². The summed E-state index contributed by atoms with van der Waals surface area (Å²) < 4.78 is 18.8. The topological polar surface area (TPSA) is 78.3 Å². The van der Waals surface area contributed by atoms with Gasteiger partial charge in [0.2, 0.25) is 5.89 Å². The summed E-state index contributed by atoms with van der Waals surface area (Å²) in [5.41, 5.74) is 1.05. The van der Waals surface area contributed by atoms with Crippen LogP contribution in [-0.2, 0) is 6.54 Å². The summed E-state index contributed by atoms with van der Waals surface area (Å²) in [4.78, 5) is 23.8. The Morgan fingerprint density at radius 2 is 2.12 bits per heavy atom. The third-order valence-corrected chi connectivity index (χ3v) is 4.44. The Balaban J connectivity index is 1.41. The Morgan fingerprint density at radius 3 is 2.80 bits per heavy atom. The molecule has 8 heteroatoms. The molecule has 0 saturated carbocycles. The summed E-state index contributed by atoms with van der Waals surface area (Å²) >= 11 is 0. The maximum Gasteiger partial charge on any atom is 0.270 e. The number of halogens is 1. The number of carbonyl (C=O) groups is 1. The first-order valence-corrected chi connectivity index (χ1v) is 8.18. The van der Waals surface area contributed by atoms with Gasteiger partial charge in [-0.05, 0) is 18.2 Å². The molecule has 1 aliphatic rings. The Labute approximate surface area is 143 Å². The first kappa shape index (κ1) is 15.8. The molecule has 0 unspecified atom stereocenters. The van der Waals surface area contributed by atoms with Gasteiger partial charge in [0.05, 0.1) is 6.54 Å². The van der Waals surface area contributed by atoms with E-state index in [4.69, 9.17) is 4.52 Å². The lowest BCUT2D eigenvalue weighted by atomic mass is 10.2. The third kappa shape index (κ3) is 3.12. The van der Waals surface area contributed by atoms with Crippen molar-refractivity contribution >= 4 is 16.8 Å². The van der Waals surface area contributed by atoms with Crippen LogP contribution in [0, 0.1) is 12.7 Å². The van der Waals surface area contributed by atoms with Crippen molar-refractivity contribution in [3.8, 4) is 0 Å². The second-order valence-electron chi connectivity index (χ2n) is 6.18. The Morgan fingerprint density at radius 1 is 1.32 bits per heavy atom. The number of aromatic nitrogens is 3. The molecule has 25 heavy (non-hydrogen) atoms. The van der Waals surface area contributed by atoms with Crippen LogP contribution in [-0.4, -0.2) is 57.0 Å². The van der Waals surface area contributed by atoms with Crippen LogP contribution in [0.4, 0.5) is 4.39 Å². The van der Waals surface area contributed by atoms with Gasteiger partial charge in [0.25, 0.3) is 5.91 Å². The Kier molecular flexibility index (Phi) is 3.96. The highest BCUT2D eigenvalue weighted by molar-refractivity contribution is 5.98. The predicted molar refractivity (Wildman–Crippen MR) is 88.5 cm³/mol. The zero-order chi connectivity index (χ0) is 17.4. The van der Waals surface area contributed by atoms with E-state index in [9.17, 15) is 9.18 Å². The lowest BCUT2D eigenvalue weighted by molar-refractivity contribution is 0.0619. The molecule has 4 rings (SSSR count). The number of amides is 1. The number of rotatable bonds is 3. The van der Waals surface area contributed by atoms with E-state index in [1.165, 1.54) is 6.07 Å². The molecule has 0 bridgehead atoms. The van der Waals surface area contributed by atoms with Crippen molar-refractivity contribution in [3.05, 3.63) is 47.5 Å². The van der Waals surface area contributed by atoms with Crippen molar-refractivity contribution in [3.63, 3.8) is 0 Å². The van der Waals surface area contributed by atoms with Crippen LogP contribution >= 0.6 is 0 Å². The average Bonchev–Trinajstić information content (AvgIpc) is 3.22. The van der Waals surface area contributed by atoms with Crippen LogP contribution in [0.25, 0.3) is 10.9 Å². The summed E-state index contributed by atoms with van der Waals surface area (Å²) in [7, 11) is 0. The van der Waals surface area contributed by atoms with Gasteiger partial charge in [-0.25, -0.2) is 4.39 Å². The Bertz CT molecular complexity index is 911. The number of hydrogen-bond acceptors (Lipinski definition) is 5. The molecular weight excluding hydrogens is 325 g/mol. The standard InChI is InChI=1S/C17H18FN5O2/c1-11-19-16(21-25-11)10-22-5-7-23(8-6-22)17(24)15-9-12-13(18)3-2-4-14(12)20-15/h2-4,9,20H,5-8,10H2,1H3. The van der Waals surface area contributed by atoms with Gasteiger partial charge in [-0.3, -0.25) is 9.69 Å². The van der Waals surface area contributed by atoms with E-state index in [0.29, 0.717) is 47.9 Å². The molecule has 1 aromatic carbocycles. The highest BCUT2D eigenvalue weighted by Crippen LogP contribution is 2.20. The molecule has 1 fully saturated rings. The first-order valence-electron chi connectivity index (χ1n) is 8.18. The molecule has 3 aromatic rings. The summed E-state index contributed by atoms with van der Waals surface area (Å²) in [6, 6.07) is 6.37.